The Morgan fingerprint density at radius 2 is 2.17 bits per heavy atom. The molecule has 1 aromatic rings. The molecule has 18 heavy (non-hydrogen) atoms. The Morgan fingerprint density at radius 1 is 1.33 bits per heavy atom. The number of nitrogens with zero attached hydrogens (tertiary/aromatic N) is 2. The summed E-state index contributed by atoms with van der Waals surface area (Å²) >= 11 is 0. The van der Waals surface area contributed by atoms with Crippen molar-refractivity contribution in [3.05, 3.63) is 12.4 Å². The second-order valence-electron chi connectivity index (χ2n) is 4.37. The van der Waals surface area contributed by atoms with E-state index in [1.807, 2.05) is 6.07 Å². The van der Waals surface area contributed by atoms with E-state index >= 15 is 0 Å². The summed E-state index contributed by atoms with van der Waals surface area (Å²) in [5.41, 5.74) is 5.44. The van der Waals surface area contributed by atoms with Crippen molar-refractivity contribution in [2.75, 3.05) is 36.9 Å². The van der Waals surface area contributed by atoms with E-state index < -0.39 is 0 Å². The van der Waals surface area contributed by atoms with Gasteiger partial charge in [0, 0.05) is 25.8 Å². The van der Waals surface area contributed by atoms with Gasteiger partial charge in [0.05, 0.1) is 6.10 Å². The van der Waals surface area contributed by atoms with Gasteiger partial charge >= 0.3 is 0 Å². The van der Waals surface area contributed by atoms with Gasteiger partial charge in [0.1, 0.15) is 18.0 Å². The van der Waals surface area contributed by atoms with Gasteiger partial charge in [-0.2, -0.15) is 0 Å². The predicted molar refractivity (Wildman–Crippen MR) is 71.7 cm³/mol. The zero-order valence-electron chi connectivity index (χ0n) is 10.6. The summed E-state index contributed by atoms with van der Waals surface area (Å²) in [6.07, 6.45) is 5.08. The molecule has 2 heterocycles. The number of rotatable bonds is 7. The third-order valence-electron chi connectivity index (χ3n) is 2.89. The molecule has 100 valence electrons. The third-order valence-corrected chi connectivity index (χ3v) is 2.89. The summed E-state index contributed by atoms with van der Waals surface area (Å²) in [4.78, 5) is 8.34. The van der Waals surface area contributed by atoms with E-state index in [4.69, 9.17) is 10.5 Å². The maximum atomic E-state index is 5.55. The lowest BCUT2D eigenvalue weighted by atomic mass is 10.2. The first-order valence-electron chi connectivity index (χ1n) is 6.50. The highest BCUT2D eigenvalue weighted by atomic mass is 16.5. The van der Waals surface area contributed by atoms with Gasteiger partial charge in [-0.25, -0.2) is 9.97 Å². The average Bonchev–Trinajstić information content (AvgIpc) is 2.90. The Morgan fingerprint density at radius 3 is 2.89 bits per heavy atom. The van der Waals surface area contributed by atoms with Gasteiger partial charge in [-0.1, -0.05) is 0 Å². The number of ether oxygens (including phenoxy) is 1. The molecule has 1 aliphatic rings. The zero-order valence-corrected chi connectivity index (χ0v) is 10.6. The second kappa shape index (κ2) is 7.13. The Balaban J connectivity index is 1.78. The minimum absolute atomic E-state index is 0.314. The number of nitrogens with one attached hydrogen (secondary N) is 2. The Labute approximate surface area is 107 Å². The largest absolute Gasteiger partial charge is 0.376 e. The van der Waals surface area contributed by atoms with E-state index in [2.05, 4.69) is 20.6 Å². The number of hydrogen-bond acceptors (Lipinski definition) is 6. The van der Waals surface area contributed by atoms with Crippen molar-refractivity contribution < 1.29 is 4.74 Å². The average molecular weight is 251 g/mol. The van der Waals surface area contributed by atoms with Crippen LogP contribution in [0.3, 0.4) is 0 Å². The Kier molecular flexibility index (Phi) is 5.16. The number of hydrogen-bond donors (Lipinski definition) is 3. The molecule has 1 saturated heterocycles. The molecule has 0 aromatic carbocycles. The zero-order chi connectivity index (χ0) is 12.6. The molecule has 4 N–H and O–H groups in total. The molecule has 2 rings (SSSR count). The van der Waals surface area contributed by atoms with Gasteiger partial charge in [-0.05, 0) is 25.8 Å². The van der Waals surface area contributed by atoms with Crippen molar-refractivity contribution in [1.29, 1.82) is 0 Å². The highest BCUT2D eigenvalue weighted by molar-refractivity contribution is 5.46. The van der Waals surface area contributed by atoms with Crippen LogP contribution in [0.2, 0.25) is 0 Å². The second-order valence-corrected chi connectivity index (χ2v) is 4.37. The van der Waals surface area contributed by atoms with E-state index in [1.165, 1.54) is 0 Å². The van der Waals surface area contributed by atoms with E-state index in [0.717, 1.165) is 50.6 Å². The molecule has 0 radical (unpaired) electrons. The standard InChI is InChI=1S/C12H21N5O/c13-4-2-5-14-11-7-12(17-9-16-11)15-8-10-3-1-6-18-10/h7,9-10H,1-6,8,13H2,(H2,14,15,16,17). The van der Waals surface area contributed by atoms with E-state index in [9.17, 15) is 0 Å². The Hall–Kier alpha value is -1.40. The first-order valence-corrected chi connectivity index (χ1v) is 6.50. The number of anilines is 2. The molecule has 1 atom stereocenters. The summed E-state index contributed by atoms with van der Waals surface area (Å²) in [6.45, 7) is 3.20. The van der Waals surface area contributed by atoms with Crippen molar-refractivity contribution in [2.24, 2.45) is 5.73 Å². The highest BCUT2D eigenvalue weighted by Crippen LogP contribution is 2.14. The van der Waals surface area contributed by atoms with E-state index in [1.54, 1.807) is 6.33 Å². The molecule has 1 aromatic heterocycles. The van der Waals surface area contributed by atoms with Crippen LogP contribution in [0.5, 0.6) is 0 Å². The van der Waals surface area contributed by atoms with Gasteiger partial charge in [-0.3, -0.25) is 0 Å². The summed E-state index contributed by atoms with van der Waals surface area (Å²) in [6, 6.07) is 1.91. The van der Waals surface area contributed by atoms with Crippen molar-refractivity contribution in [2.45, 2.75) is 25.4 Å². The SMILES string of the molecule is NCCCNc1cc(NCC2CCCO2)ncn1. The minimum atomic E-state index is 0.314. The van der Waals surface area contributed by atoms with Crippen molar-refractivity contribution >= 4 is 11.6 Å². The normalized spacial score (nSPS) is 18.8. The van der Waals surface area contributed by atoms with Crippen LogP contribution in [0.15, 0.2) is 12.4 Å². The lowest BCUT2D eigenvalue weighted by Crippen LogP contribution is -2.19. The molecule has 0 amide bonds. The van der Waals surface area contributed by atoms with Crippen LogP contribution in [0.4, 0.5) is 11.6 Å². The molecule has 1 unspecified atom stereocenters. The Bertz CT molecular complexity index is 354. The fraction of sp³-hybridized carbons (Fsp3) is 0.667. The topological polar surface area (TPSA) is 85.1 Å². The predicted octanol–water partition coefficient (Wildman–Crippen LogP) is 0.828. The van der Waals surface area contributed by atoms with Gasteiger partial charge in [0.2, 0.25) is 0 Å². The van der Waals surface area contributed by atoms with Crippen LogP contribution in [0.25, 0.3) is 0 Å². The molecule has 0 bridgehead atoms. The van der Waals surface area contributed by atoms with E-state index in [-0.39, 0.29) is 0 Å². The quantitative estimate of drug-likeness (QED) is 0.622. The van der Waals surface area contributed by atoms with Gasteiger partial charge in [0.25, 0.3) is 0 Å². The molecule has 0 aliphatic carbocycles. The maximum absolute atomic E-state index is 5.55. The van der Waals surface area contributed by atoms with Crippen molar-refractivity contribution in [1.82, 2.24) is 9.97 Å². The van der Waals surface area contributed by atoms with Crippen LogP contribution in [0.1, 0.15) is 19.3 Å². The van der Waals surface area contributed by atoms with Crippen molar-refractivity contribution in [3.8, 4) is 0 Å². The molecule has 0 spiro atoms. The monoisotopic (exact) mass is 251 g/mol. The number of nitrogens with two attached hydrogens (primary N) is 1. The summed E-state index contributed by atoms with van der Waals surface area (Å²) in [5.74, 6) is 1.66. The summed E-state index contributed by atoms with van der Waals surface area (Å²) < 4.78 is 5.55. The van der Waals surface area contributed by atoms with Crippen LogP contribution >= 0.6 is 0 Å². The molecule has 6 nitrogen and oxygen atoms in total. The lowest BCUT2D eigenvalue weighted by molar-refractivity contribution is 0.120. The lowest BCUT2D eigenvalue weighted by Gasteiger charge is -2.12. The van der Waals surface area contributed by atoms with Gasteiger partial charge in [0.15, 0.2) is 0 Å². The van der Waals surface area contributed by atoms with Crippen LogP contribution in [-0.2, 0) is 4.74 Å². The summed E-state index contributed by atoms with van der Waals surface area (Å²) in [5, 5.41) is 6.49. The van der Waals surface area contributed by atoms with Crippen LogP contribution in [-0.4, -0.2) is 42.3 Å². The maximum Gasteiger partial charge on any atom is 0.131 e. The molecule has 0 saturated carbocycles. The fourth-order valence-electron chi connectivity index (χ4n) is 1.89. The smallest absolute Gasteiger partial charge is 0.131 e. The van der Waals surface area contributed by atoms with Crippen LogP contribution in [0, 0.1) is 0 Å². The third kappa shape index (κ3) is 4.12. The molecule has 1 aliphatic heterocycles. The van der Waals surface area contributed by atoms with Crippen molar-refractivity contribution in [3.63, 3.8) is 0 Å². The van der Waals surface area contributed by atoms with Crippen LogP contribution < -0.4 is 16.4 Å². The first kappa shape index (κ1) is 13.0. The highest BCUT2D eigenvalue weighted by Gasteiger charge is 2.14. The molecular formula is C12H21N5O. The molecule has 1 fully saturated rings. The van der Waals surface area contributed by atoms with Gasteiger partial charge < -0.3 is 21.1 Å². The molecule has 6 heteroatoms. The summed E-state index contributed by atoms with van der Waals surface area (Å²) in [7, 11) is 0. The number of aromatic nitrogens is 2. The first-order chi connectivity index (χ1) is 8.88. The van der Waals surface area contributed by atoms with Gasteiger partial charge in [-0.15, -0.1) is 0 Å². The molecular weight excluding hydrogens is 230 g/mol. The fourth-order valence-corrected chi connectivity index (χ4v) is 1.89. The van der Waals surface area contributed by atoms with E-state index in [0.29, 0.717) is 12.6 Å². The minimum Gasteiger partial charge on any atom is -0.376 e.